The van der Waals surface area contributed by atoms with E-state index in [2.05, 4.69) is 20.6 Å². The fourth-order valence-electron chi connectivity index (χ4n) is 2.05. The Labute approximate surface area is 165 Å². The monoisotopic (exact) mass is 453 g/mol. The van der Waals surface area contributed by atoms with Crippen LogP contribution in [0.15, 0.2) is 59.9 Å². The Morgan fingerprint density at radius 2 is 1.80 bits per heavy atom. The molecule has 1 aromatic carbocycles. The maximum atomic E-state index is 11.9. The summed E-state index contributed by atoms with van der Waals surface area (Å²) >= 11 is 0. The first-order valence-corrected chi connectivity index (χ1v) is 7.84. The van der Waals surface area contributed by atoms with E-state index in [0.717, 1.165) is 11.5 Å². The van der Waals surface area contributed by atoms with E-state index in [-0.39, 0.29) is 29.9 Å². The van der Waals surface area contributed by atoms with Crippen molar-refractivity contribution in [1.29, 1.82) is 0 Å². The molecule has 0 saturated carbocycles. The minimum Gasteiger partial charge on any atom is -0.354 e. The van der Waals surface area contributed by atoms with Crippen LogP contribution in [0.5, 0.6) is 0 Å². The molecule has 0 unspecified atom stereocenters. The first-order valence-electron chi connectivity index (χ1n) is 7.84. The highest BCUT2D eigenvalue weighted by Crippen LogP contribution is 2.00. The van der Waals surface area contributed by atoms with Gasteiger partial charge >= 0.3 is 0 Å². The number of aromatic nitrogens is 1. The fourth-order valence-corrected chi connectivity index (χ4v) is 2.05. The van der Waals surface area contributed by atoms with Crippen molar-refractivity contribution in [2.75, 3.05) is 27.2 Å². The van der Waals surface area contributed by atoms with Crippen LogP contribution in [-0.2, 0) is 6.54 Å². The normalized spacial score (nSPS) is 10.6. The number of nitrogens with zero attached hydrogens (tertiary/aromatic N) is 3. The Morgan fingerprint density at radius 3 is 2.44 bits per heavy atom. The van der Waals surface area contributed by atoms with E-state index in [1.165, 1.54) is 0 Å². The minimum absolute atomic E-state index is 0. The van der Waals surface area contributed by atoms with Gasteiger partial charge in [0.05, 0.1) is 12.1 Å². The predicted molar refractivity (Wildman–Crippen MR) is 111 cm³/mol. The van der Waals surface area contributed by atoms with E-state index in [0.29, 0.717) is 25.2 Å². The van der Waals surface area contributed by atoms with Crippen LogP contribution in [0.1, 0.15) is 15.9 Å². The summed E-state index contributed by atoms with van der Waals surface area (Å²) in [6.07, 6.45) is 3.19. The molecule has 2 N–H and O–H groups in total. The average Bonchev–Trinajstić information content (AvgIpc) is 2.62. The number of guanidine groups is 1. The van der Waals surface area contributed by atoms with Crippen molar-refractivity contribution >= 4 is 35.8 Å². The number of carbonyl (C=O) groups excluding carboxylic acids is 1. The molecular formula is C18H24IN5O. The van der Waals surface area contributed by atoms with E-state index < -0.39 is 0 Å². The van der Waals surface area contributed by atoms with Crippen molar-refractivity contribution in [2.45, 2.75) is 6.54 Å². The summed E-state index contributed by atoms with van der Waals surface area (Å²) in [5, 5.41) is 6.09. The van der Waals surface area contributed by atoms with Gasteiger partial charge in [-0.1, -0.05) is 30.3 Å². The lowest BCUT2D eigenvalue weighted by atomic mass is 10.2. The highest BCUT2D eigenvalue weighted by molar-refractivity contribution is 14.0. The highest BCUT2D eigenvalue weighted by Gasteiger charge is 2.05. The molecule has 2 rings (SSSR count). The van der Waals surface area contributed by atoms with Crippen molar-refractivity contribution < 1.29 is 4.79 Å². The van der Waals surface area contributed by atoms with E-state index in [1.54, 1.807) is 24.5 Å². The number of carbonyl (C=O) groups is 1. The second kappa shape index (κ2) is 11.4. The van der Waals surface area contributed by atoms with Gasteiger partial charge in [-0.2, -0.15) is 0 Å². The maximum absolute atomic E-state index is 11.9. The zero-order chi connectivity index (χ0) is 17.2. The van der Waals surface area contributed by atoms with Crippen molar-refractivity contribution in [1.82, 2.24) is 20.5 Å². The standard InChI is InChI=1S/C18H23N5O.HI/c1-23(2)18(22-13-15-7-4-3-5-8-15)21-12-11-20-17(24)16-9-6-10-19-14-16;/h3-10,14H,11-13H2,1-2H3,(H,20,24)(H,21,22);1H. The summed E-state index contributed by atoms with van der Waals surface area (Å²) < 4.78 is 0. The summed E-state index contributed by atoms with van der Waals surface area (Å²) in [4.78, 5) is 22.4. The van der Waals surface area contributed by atoms with Crippen molar-refractivity contribution in [3.8, 4) is 0 Å². The lowest BCUT2D eigenvalue weighted by molar-refractivity contribution is 0.0954. The van der Waals surface area contributed by atoms with Crippen molar-refractivity contribution in [3.63, 3.8) is 0 Å². The minimum atomic E-state index is -0.127. The molecule has 0 aliphatic carbocycles. The Bertz CT molecular complexity index is 662. The molecule has 2 aromatic rings. The second-order valence-corrected chi connectivity index (χ2v) is 5.44. The van der Waals surface area contributed by atoms with E-state index in [1.807, 2.05) is 49.3 Å². The number of aliphatic imine (C=N–C) groups is 1. The molecular weight excluding hydrogens is 429 g/mol. The van der Waals surface area contributed by atoms with Crippen LogP contribution in [0, 0.1) is 0 Å². The number of rotatable bonds is 6. The lowest BCUT2D eigenvalue weighted by Crippen LogP contribution is -2.41. The lowest BCUT2D eigenvalue weighted by Gasteiger charge is -2.18. The first kappa shape index (κ1) is 20.9. The third-order valence-corrected chi connectivity index (χ3v) is 3.30. The van der Waals surface area contributed by atoms with Gasteiger partial charge in [-0.25, -0.2) is 4.99 Å². The molecule has 25 heavy (non-hydrogen) atoms. The molecule has 0 radical (unpaired) electrons. The van der Waals surface area contributed by atoms with E-state index in [4.69, 9.17) is 0 Å². The van der Waals surface area contributed by atoms with Gasteiger partial charge in [0, 0.05) is 39.6 Å². The van der Waals surface area contributed by atoms with Gasteiger partial charge in [-0.3, -0.25) is 9.78 Å². The molecule has 0 aliphatic heterocycles. The molecule has 7 heteroatoms. The molecule has 0 spiro atoms. The quantitative estimate of drug-likeness (QED) is 0.305. The molecule has 134 valence electrons. The predicted octanol–water partition coefficient (Wildman–Crippen LogP) is 2.14. The molecule has 0 fully saturated rings. The number of pyridine rings is 1. The van der Waals surface area contributed by atoms with Gasteiger partial charge in [0.25, 0.3) is 5.91 Å². The summed E-state index contributed by atoms with van der Waals surface area (Å²) in [6, 6.07) is 13.6. The van der Waals surface area contributed by atoms with Crippen LogP contribution in [0.3, 0.4) is 0 Å². The second-order valence-electron chi connectivity index (χ2n) is 5.44. The Kier molecular flexibility index (Phi) is 9.53. The molecule has 0 aliphatic rings. The number of benzene rings is 1. The van der Waals surface area contributed by atoms with Crippen molar-refractivity contribution in [2.24, 2.45) is 4.99 Å². The van der Waals surface area contributed by atoms with Gasteiger partial charge in [-0.15, -0.1) is 24.0 Å². The van der Waals surface area contributed by atoms with Crippen LogP contribution in [0.2, 0.25) is 0 Å². The topological polar surface area (TPSA) is 69.6 Å². The molecule has 6 nitrogen and oxygen atoms in total. The van der Waals surface area contributed by atoms with E-state index in [9.17, 15) is 4.79 Å². The van der Waals surface area contributed by atoms with Crippen LogP contribution in [0.4, 0.5) is 0 Å². The maximum Gasteiger partial charge on any atom is 0.252 e. The molecule has 0 bridgehead atoms. The molecule has 1 aromatic heterocycles. The van der Waals surface area contributed by atoms with Gasteiger partial charge in [0.1, 0.15) is 0 Å². The van der Waals surface area contributed by atoms with Crippen molar-refractivity contribution in [3.05, 3.63) is 66.0 Å². The highest BCUT2D eigenvalue weighted by atomic mass is 127. The van der Waals surface area contributed by atoms with Crippen LogP contribution >= 0.6 is 24.0 Å². The first-order chi connectivity index (χ1) is 11.7. The Balaban J connectivity index is 0.00000312. The zero-order valence-electron chi connectivity index (χ0n) is 14.5. The Hall–Kier alpha value is -2.16. The number of halogens is 1. The van der Waals surface area contributed by atoms with E-state index >= 15 is 0 Å². The van der Waals surface area contributed by atoms with Crippen LogP contribution < -0.4 is 10.6 Å². The number of nitrogens with one attached hydrogen (secondary N) is 2. The largest absolute Gasteiger partial charge is 0.354 e. The third-order valence-electron chi connectivity index (χ3n) is 3.30. The zero-order valence-corrected chi connectivity index (χ0v) is 16.8. The SMILES string of the molecule is CN(C)C(=NCc1ccccc1)NCCNC(=O)c1cccnc1.I. The number of hydrogen-bond acceptors (Lipinski definition) is 3. The van der Waals surface area contributed by atoms with Gasteiger partial charge in [0.2, 0.25) is 0 Å². The number of hydrogen-bond donors (Lipinski definition) is 2. The molecule has 1 amide bonds. The van der Waals surface area contributed by atoms with Crippen LogP contribution in [-0.4, -0.2) is 48.9 Å². The smallest absolute Gasteiger partial charge is 0.252 e. The Morgan fingerprint density at radius 1 is 1.08 bits per heavy atom. The summed E-state index contributed by atoms with van der Waals surface area (Å²) in [6.45, 7) is 1.72. The van der Waals surface area contributed by atoms with Gasteiger partial charge in [-0.05, 0) is 17.7 Å². The molecule has 0 atom stereocenters. The van der Waals surface area contributed by atoms with Crippen LogP contribution in [0.25, 0.3) is 0 Å². The summed E-state index contributed by atoms with van der Waals surface area (Å²) in [7, 11) is 3.87. The fraction of sp³-hybridized carbons (Fsp3) is 0.278. The summed E-state index contributed by atoms with van der Waals surface area (Å²) in [5.41, 5.74) is 1.71. The third kappa shape index (κ3) is 7.51. The average molecular weight is 453 g/mol. The summed E-state index contributed by atoms with van der Waals surface area (Å²) in [5.74, 6) is 0.659. The van der Waals surface area contributed by atoms with Gasteiger partial charge < -0.3 is 15.5 Å². The number of amides is 1. The molecule has 0 saturated heterocycles. The van der Waals surface area contributed by atoms with Gasteiger partial charge in [0.15, 0.2) is 5.96 Å². The molecule has 1 heterocycles.